The summed E-state index contributed by atoms with van der Waals surface area (Å²) < 4.78 is 0. The molecule has 0 aliphatic carbocycles. The van der Waals surface area contributed by atoms with E-state index in [1.165, 1.54) is 143 Å². The zero-order chi connectivity index (χ0) is 42.6. The minimum absolute atomic E-state index is 0.652. The fourth-order valence-electron chi connectivity index (χ4n) is 9.98. The van der Waals surface area contributed by atoms with Gasteiger partial charge in [0.1, 0.15) is 18.9 Å². The maximum absolute atomic E-state index is 4.57. The van der Waals surface area contributed by atoms with Crippen LogP contribution in [-0.4, -0.2) is 22.7 Å². The molecule has 4 aromatic rings. The van der Waals surface area contributed by atoms with Gasteiger partial charge in [0.05, 0.1) is 16.1 Å². The van der Waals surface area contributed by atoms with Crippen LogP contribution in [-0.2, 0) is 0 Å². The van der Waals surface area contributed by atoms with Gasteiger partial charge in [-0.15, -0.1) is 0 Å². The number of nitrogens with one attached hydrogen (secondary N) is 1. The van der Waals surface area contributed by atoms with E-state index in [-0.39, 0.29) is 0 Å². The monoisotopic (exact) mass is 867 g/mol. The smallest absolute Gasteiger partial charge is 0.165 e. The lowest BCUT2D eigenvalue weighted by atomic mass is 10.0. The van der Waals surface area contributed by atoms with Gasteiger partial charge in [0.15, 0.2) is 7.10 Å². The van der Waals surface area contributed by atoms with Crippen molar-refractivity contribution in [2.24, 2.45) is 0 Å². The van der Waals surface area contributed by atoms with Crippen LogP contribution in [0.1, 0.15) is 149 Å². The maximum atomic E-state index is 4.57. The van der Waals surface area contributed by atoms with Crippen molar-refractivity contribution >= 4 is 57.8 Å². The van der Waals surface area contributed by atoms with E-state index in [1.54, 1.807) is 31.9 Å². The predicted octanol–water partition coefficient (Wildman–Crippen LogP) is 15.3. The Hall–Kier alpha value is -1.87. The minimum atomic E-state index is -2.15. The van der Waals surface area contributed by atoms with Crippen molar-refractivity contribution in [3.63, 3.8) is 0 Å². The molecule has 324 valence electrons. The van der Waals surface area contributed by atoms with Gasteiger partial charge < -0.3 is 0 Å². The van der Waals surface area contributed by atoms with Crippen molar-refractivity contribution in [1.29, 1.82) is 0 Å². The summed E-state index contributed by atoms with van der Waals surface area (Å²) in [7, 11) is -5.09. The standard InChI is InChI=1S/C54H86NP2Si2/c1-10-17-38-55-57(52-36-27-25-31-47(52)9,48-32-28-33-49(45-48)58(39-18-11-2,40-19-12-3)41-20-13-4)56-51-35-29-37-53(54(51)50-34-26-24-30-46(50)8)59(42-21-14-5,43-22-15-6)44-23-16-7/h24-37,45,55-56H,10-23,38-44H2,1-9H3/q+1. The first kappa shape index (κ1) is 49.8. The average Bonchev–Trinajstić information content (AvgIpc) is 3.26. The van der Waals surface area contributed by atoms with Crippen molar-refractivity contribution in [3.05, 3.63) is 102 Å². The van der Waals surface area contributed by atoms with Crippen LogP contribution in [0.4, 0.5) is 0 Å². The van der Waals surface area contributed by atoms with Crippen molar-refractivity contribution < 1.29 is 0 Å². The molecule has 0 fully saturated rings. The number of rotatable bonds is 29. The highest BCUT2D eigenvalue weighted by atomic mass is 32.1. The summed E-state index contributed by atoms with van der Waals surface area (Å²) in [5.74, 6) is 0. The lowest BCUT2D eigenvalue weighted by molar-refractivity contribution is 0.772. The molecule has 59 heavy (non-hydrogen) atoms. The molecule has 2 unspecified atom stereocenters. The molecule has 2 atom stereocenters. The second kappa shape index (κ2) is 25.9. The quantitative estimate of drug-likeness (QED) is 0.0326. The fourth-order valence-corrected chi connectivity index (χ4v) is 29.8. The Kier molecular flexibility index (Phi) is 21.9. The van der Waals surface area contributed by atoms with Crippen LogP contribution >= 0.6 is 15.4 Å². The predicted molar refractivity (Wildman–Crippen MR) is 280 cm³/mol. The maximum Gasteiger partial charge on any atom is 0.165 e. The van der Waals surface area contributed by atoms with Gasteiger partial charge in [0.25, 0.3) is 0 Å². The third-order valence-corrected chi connectivity index (χ3v) is 32.2. The molecule has 1 nitrogen and oxygen atoms in total. The molecule has 4 aromatic carbocycles. The highest BCUT2D eigenvalue weighted by Gasteiger charge is 2.47. The van der Waals surface area contributed by atoms with Gasteiger partial charge >= 0.3 is 0 Å². The second-order valence-corrected chi connectivity index (χ2v) is 33.4. The topological polar surface area (TPSA) is 12.0 Å². The Balaban J connectivity index is 2.14. The largest absolute Gasteiger partial charge is 0.181 e. The lowest BCUT2D eigenvalue weighted by Gasteiger charge is -2.37. The van der Waals surface area contributed by atoms with E-state index in [0.29, 0.717) is 8.27 Å². The van der Waals surface area contributed by atoms with Crippen LogP contribution in [0.2, 0.25) is 36.3 Å². The first-order valence-corrected chi connectivity index (χ1v) is 33.4. The van der Waals surface area contributed by atoms with E-state index >= 15 is 0 Å². The Morgan fingerprint density at radius 1 is 0.492 bits per heavy atom. The molecule has 0 bridgehead atoms. The Morgan fingerprint density at radius 2 is 0.983 bits per heavy atom. The van der Waals surface area contributed by atoms with Gasteiger partial charge in [-0.1, -0.05) is 251 Å². The Labute approximate surface area is 369 Å². The molecule has 0 saturated heterocycles. The summed E-state index contributed by atoms with van der Waals surface area (Å²) in [6.45, 7) is 22.7. The van der Waals surface area contributed by atoms with Crippen molar-refractivity contribution in [2.45, 2.75) is 188 Å². The first-order chi connectivity index (χ1) is 28.7. The molecule has 0 saturated carbocycles. The number of aryl methyl sites for hydroxylation is 2. The second-order valence-electron chi connectivity index (χ2n) is 18.1. The summed E-state index contributed by atoms with van der Waals surface area (Å²) >= 11 is 0. The molecule has 0 aliphatic rings. The molecule has 0 heterocycles. The van der Waals surface area contributed by atoms with Gasteiger partial charge in [-0.2, -0.15) is 5.09 Å². The number of hydrogen-bond acceptors (Lipinski definition) is 1. The summed E-state index contributed by atoms with van der Waals surface area (Å²) in [6, 6.07) is 45.8. The third kappa shape index (κ3) is 12.9. The third-order valence-electron chi connectivity index (χ3n) is 13.6. The van der Waals surface area contributed by atoms with Crippen LogP contribution in [0.15, 0.2) is 91.0 Å². The summed E-state index contributed by atoms with van der Waals surface area (Å²) in [4.78, 5) is 0. The number of hydrogen-bond donors (Lipinski definition) is 1. The molecule has 1 N–H and O–H groups in total. The first-order valence-electron chi connectivity index (χ1n) is 24.5. The zero-order valence-corrected chi connectivity index (χ0v) is 43.4. The molecule has 0 spiro atoms. The molecular formula is C54H86NP2Si2+. The normalized spacial score (nSPS) is 13.4. The lowest BCUT2D eigenvalue weighted by Crippen LogP contribution is -2.50. The Bertz CT molecular complexity index is 1760. The van der Waals surface area contributed by atoms with E-state index in [2.05, 4.69) is 158 Å². The van der Waals surface area contributed by atoms with Crippen LogP contribution < -0.4 is 31.4 Å². The average molecular weight is 867 g/mol. The molecule has 4 rings (SSSR count). The van der Waals surface area contributed by atoms with E-state index in [9.17, 15) is 0 Å². The van der Waals surface area contributed by atoms with Gasteiger partial charge in [0, 0.05) is 11.8 Å². The highest BCUT2D eigenvalue weighted by Crippen LogP contribution is 2.69. The Morgan fingerprint density at radius 3 is 1.51 bits per heavy atom. The van der Waals surface area contributed by atoms with Crippen molar-refractivity contribution in [3.8, 4) is 11.1 Å². The molecule has 0 radical (unpaired) electrons. The minimum Gasteiger partial charge on any atom is -0.181 e. The molecule has 0 amide bonds. The zero-order valence-electron chi connectivity index (χ0n) is 39.5. The van der Waals surface area contributed by atoms with Crippen LogP contribution in [0.5, 0.6) is 0 Å². The van der Waals surface area contributed by atoms with Gasteiger partial charge in [0.2, 0.25) is 0 Å². The van der Waals surface area contributed by atoms with E-state index in [0.717, 1.165) is 6.54 Å². The molecule has 0 aromatic heterocycles. The van der Waals surface area contributed by atoms with E-state index in [1.807, 2.05) is 0 Å². The SMILES string of the molecule is CCCCN[P+](Pc1cccc([Si](CCCC)(CCCC)CCCC)c1-c1ccccc1C)(c1cccc([Si](CCCC)(CCCC)CCCC)c1)c1ccccc1C. The molecule has 5 heteroatoms. The fraction of sp³-hybridized carbons (Fsp3) is 0.556. The van der Waals surface area contributed by atoms with Crippen molar-refractivity contribution in [2.75, 3.05) is 6.54 Å². The summed E-state index contributed by atoms with van der Waals surface area (Å²) in [5.41, 5.74) is 5.99. The number of benzene rings is 4. The van der Waals surface area contributed by atoms with Crippen LogP contribution in [0, 0.1) is 13.8 Å². The van der Waals surface area contributed by atoms with Gasteiger partial charge in [-0.25, -0.2) is 0 Å². The van der Waals surface area contributed by atoms with Crippen molar-refractivity contribution in [1.82, 2.24) is 5.09 Å². The van der Waals surface area contributed by atoms with Crippen LogP contribution in [0.25, 0.3) is 11.1 Å². The van der Waals surface area contributed by atoms with E-state index in [4.69, 9.17) is 0 Å². The van der Waals surface area contributed by atoms with Gasteiger partial charge in [-0.3, -0.25) is 0 Å². The number of unbranched alkanes of at least 4 members (excludes halogenated alkanes) is 7. The van der Waals surface area contributed by atoms with Crippen LogP contribution in [0.3, 0.4) is 0 Å². The highest BCUT2D eigenvalue weighted by molar-refractivity contribution is 8.39. The molecular weight excluding hydrogens is 781 g/mol. The summed E-state index contributed by atoms with van der Waals surface area (Å²) in [6.07, 6.45) is 18.3. The van der Waals surface area contributed by atoms with Gasteiger partial charge in [-0.05, 0) is 60.7 Å². The van der Waals surface area contributed by atoms with E-state index < -0.39 is 23.2 Å². The summed E-state index contributed by atoms with van der Waals surface area (Å²) in [5, 5.41) is 12.9. The molecule has 0 aliphatic heterocycles.